The first-order valence-corrected chi connectivity index (χ1v) is 6.00. The molecular weight excluding hydrogens is 275 g/mol. The van der Waals surface area contributed by atoms with Crippen LogP contribution in [0.1, 0.15) is 12.0 Å². The largest absolute Gasteiger partial charge is 0.493 e. The first-order valence-electron chi connectivity index (χ1n) is 6.00. The van der Waals surface area contributed by atoms with E-state index in [1.54, 1.807) is 12.1 Å². The zero-order valence-electron chi connectivity index (χ0n) is 10.9. The van der Waals surface area contributed by atoms with E-state index in [4.69, 9.17) is 9.84 Å². The molecule has 1 unspecified atom stereocenters. The Kier molecular flexibility index (Phi) is 5.82. The fraction of sp³-hybridized carbons (Fsp3) is 0.462. The fourth-order valence-electron chi connectivity index (χ4n) is 1.39. The van der Waals surface area contributed by atoms with Crippen LogP contribution >= 0.6 is 0 Å². The van der Waals surface area contributed by atoms with Crippen LogP contribution in [0.25, 0.3) is 0 Å². The Balaban J connectivity index is 2.26. The van der Waals surface area contributed by atoms with Gasteiger partial charge in [0.1, 0.15) is 5.75 Å². The van der Waals surface area contributed by atoms with Gasteiger partial charge < -0.3 is 15.2 Å². The number of amides is 1. The van der Waals surface area contributed by atoms with Crippen molar-refractivity contribution in [1.82, 2.24) is 5.32 Å². The number of aliphatic hydroxyl groups excluding tert-OH is 1. The van der Waals surface area contributed by atoms with E-state index in [2.05, 4.69) is 0 Å². The summed E-state index contributed by atoms with van der Waals surface area (Å²) < 4.78 is 41.3. The number of benzene rings is 1. The average molecular weight is 291 g/mol. The molecule has 1 aromatic carbocycles. The Morgan fingerprint density at radius 3 is 2.65 bits per heavy atom. The van der Waals surface area contributed by atoms with E-state index in [1.165, 1.54) is 0 Å². The Labute approximate surface area is 114 Å². The number of carbonyl (C=O) groups excluding carboxylic acids is 1. The highest BCUT2D eigenvalue weighted by molar-refractivity contribution is 5.76. The number of halogens is 3. The summed E-state index contributed by atoms with van der Waals surface area (Å²) in [7, 11) is 0. The maximum absolute atomic E-state index is 12.0. The lowest BCUT2D eigenvalue weighted by Crippen LogP contribution is -2.40. The average Bonchev–Trinajstić information content (AvgIpc) is 2.37. The summed E-state index contributed by atoms with van der Waals surface area (Å²) in [6.45, 7) is 1.04. The second-order valence-electron chi connectivity index (χ2n) is 4.23. The summed E-state index contributed by atoms with van der Waals surface area (Å²) in [6, 6.07) is 7.20. The van der Waals surface area contributed by atoms with E-state index < -0.39 is 24.7 Å². The van der Waals surface area contributed by atoms with E-state index in [0.29, 0.717) is 5.75 Å². The third-order valence-electron chi connectivity index (χ3n) is 2.55. The number of hydrogen-bond acceptors (Lipinski definition) is 3. The Morgan fingerprint density at radius 1 is 1.40 bits per heavy atom. The van der Waals surface area contributed by atoms with E-state index in [1.807, 2.05) is 24.4 Å². The summed E-state index contributed by atoms with van der Waals surface area (Å²) in [5.41, 5.74) is 0.903. The van der Waals surface area contributed by atoms with E-state index in [0.717, 1.165) is 5.56 Å². The molecule has 0 aliphatic carbocycles. The van der Waals surface area contributed by atoms with Crippen molar-refractivity contribution in [2.75, 3.05) is 13.2 Å². The van der Waals surface area contributed by atoms with Crippen LogP contribution in [0.15, 0.2) is 24.3 Å². The van der Waals surface area contributed by atoms with Gasteiger partial charge >= 0.3 is 6.18 Å². The molecule has 0 saturated carbocycles. The lowest BCUT2D eigenvalue weighted by Gasteiger charge is -2.15. The molecule has 20 heavy (non-hydrogen) atoms. The minimum atomic E-state index is -4.73. The molecule has 0 spiro atoms. The highest BCUT2D eigenvalue weighted by Gasteiger charge is 2.38. The predicted molar refractivity (Wildman–Crippen MR) is 66.4 cm³/mol. The molecule has 1 atom stereocenters. The molecule has 0 fully saturated rings. The molecule has 0 radical (unpaired) electrons. The maximum Gasteiger partial charge on any atom is 0.416 e. The van der Waals surface area contributed by atoms with Crippen molar-refractivity contribution in [3.05, 3.63) is 29.8 Å². The lowest BCUT2D eigenvalue weighted by atomic mass is 10.2. The number of alkyl halides is 3. The Hall–Kier alpha value is -1.76. The van der Waals surface area contributed by atoms with Crippen molar-refractivity contribution in [1.29, 1.82) is 0 Å². The molecule has 0 heterocycles. The van der Waals surface area contributed by atoms with Crippen LogP contribution in [-0.2, 0) is 4.79 Å². The summed E-state index contributed by atoms with van der Waals surface area (Å²) in [4.78, 5) is 11.3. The first-order chi connectivity index (χ1) is 9.30. The van der Waals surface area contributed by atoms with Crippen LogP contribution in [-0.4, -0.2) is 36.4 Å². The third-order valence-corrected chi connectivity index (χ3v) is 2.55. The number of nitrogens with one attached hydrogen (secondary N) is 1. The minimum absolute atomic E-state index is 0.0544. The summed E-state index contributed by atoms with van der Waals surface area (Å²) in [5.74, 6) is 0.0116. The number of hydrogen-bond donors (Lipinski definition) is 2. The van der Waals surface area contributed by atoms with Crippen LogP contribution in [0, 0.1) is 6.92 Å². The zero-order chi connectivity index (χ0) is 15.2. The van der Waals surface area contributed by atoms with Crippen molar-refractivity contribution in [3.63, 3.8) is 0 Å². The predicted octanol–water partition coefficient (Wildman–Crippen LogP) is 1.80. The number of para-hydroxylation sites is 1. The van der Waals surface area contributed by atoms with Crippen LogP contribution in [0.4, 0.5) is 13.2 Å². The molecule has 0 aliphatic heterocycles. The molecular formula is C13H16F3NO3. The summed E-state index contributed by atoms with van der Waals surface area (Å²) in [6.07, 6.45) is -7.37. The van der Waals surface area contributed by atoms with Gasteiger partial charge in [0.05, 0.1) is 19.6 Å². The molecule has 0 aromatic heterocycles. The zero-order valence-corrected chi connectivity index (χ0v) is 10.9. The summed E-state index contributed by atoms with van der Waals surface area (Å²) in [5, 5.41) is 10.7. The Morgan fingerprint density at radius 2 is 2.05 bits per heavy atom. The lowest BCUT2D eigenvalue weighted by molar-refractivity contribution is -0.201. The van der Waals surface area contributed by atoms with Gasteiger partial charge in [0.25, 0.3) is 0 Å². The summed E-state index contributed by atoms with van der Waals surface area (Å²) >= 11 is 0. The molecule has 4 nitrogen and oxygen atoms in total. The van der Waals surface area contributed by atoms with Crippen LogP contribution < -0.4 is 10.1 Å². The molecule has 0 bridgehead atoms. The van der Waals surface area contributed by atoms with Gasteiger partial charge in [-0.25, -0.2) is 0 Å². The van der Waals surface area contributed by atoms with E-state index >= 15 is 0 Å². The molecule has 1 aromatic rings. The standard InChI is InChI=1S/C13H16F3NO3/c1-9-4-2-3-5-10(9)20-7-6-12(19)17-8-11(18)13(14,15)16/h2-5,11,18H,6-8H2,1H3,(H,17,19). The van der Waals surface area contributed by atoms with Crippen molar-refractivity contribution >= 4 is 5.91 Å². The monoisotopic (exact) mass is 291 g/mol. The first kappa shape index (κ1) is 16.3. The second kappa shape index (κ2) is 7.14. The smallest absolute Gasteiger partial charge is 0.416 e. The van der Waals surface area contributed by atoms with Gasteiger partial charge in [-0.05, 0) is 18.6 Å². The van der Waals surface area contributed by atoms with E-state index in [9.17, 15) is 18.0 Å². The second-order valence-corrected chi connectivity index (χ2v) is 4.23. The molecule has 1 amide bonds. The number of rotatable bonds is 6. The van der Waals surface area contributed by atoms with Gasteiger partial charge in [-0.1, -0.05) is 18.2 Å². The van der Waals surface area contributed by atoms with Crippen LogP contribution in [0.3, 0.4) is 0 Å². The highest BCUT2D eigenvalue weighted by Crippen LogP contribution is 2.19. The van der Waals surface area contributed by atoms with Gasteiger partial charge in [-0.3, -0.25) is 4.79 Å². The molecule has 7 heteroatoms. The van der Waals surface area contributed by atoms with Gasteiger partial charge in [0, 0.05) is 0 Å². The van der Waals surface area contributed by atoms with Gasteiger partial charge in [0.2, 0.25) is 5.91 Å². The van der Waals surface area contributed by atoms with Crippen molar-refractivity contribution in [2.24, 2.45) is 0 Å². The number of aryl methyl sites for hydroxylation is 1. The van der Waals surface area contributed by atoms with E-state index in [-0.39, 0.29) is 13.0 Å². The molecule has 0 saturated heterocycles. The van der Waals surface area contributed by atoms with Gasteiger partial charge in [-0.2, -0.15) is 13.2 Å². The van der Waals surface area contributed by atoms with Crippen molar-refractivity contribution in [3.8, 4) is 5.75 Å². The normalized spacial score (nSPS) is 12.8. The highest BCUT2D eigenvalue weighted by atomic mass is 19.4. The molecule has 1 rings (SSSR count). The molecule has 0 aliphatic rings. The number of carbonyl (C=O) groups is 1. The quantitative estimate of drug-likeness (QED) is 0.840. The topological polar surface area (TPSA) is 58.6 Å². The SMILES string of the molecule is Cc1ccccc1OCCC(=O)NCC(O)C(F)(F)F. The van der Waals surface area contributed by atoms with Crippen LogP contribution in [0.5, 0.6) is 5.75 Å². The van der Waals surface area contributed by atoms with Gasteiger partial charge in [0.15, 0.2) is 6.10 Å². The molecule has 112 valence electrons. The maximum atomic E-state index is 12.0. The van der Waals surface area contributed by atoms with Gasteiger partial charge in [-0.15, -0.1) is 0 Å². The number of ether oxygens (including phenoxy) is 1. The van der Waals surface area contributed by atoms with Crippen LogP contribution in [0.2, 0.25) is 0 Å². The fourth-order valence-corrected chi connectivity index (χ4v) is 1.39. The van der Waals surface area contributed by atoms with Crippen molar-refractivity contribution < 1.29 is 27.8 Å². The minimum Gasteiger partial charge on any atom is -0.493 e. The third kappa shape index (κ3) is 5.48. The Bertz CT molecular complexity index is 449. The van der Waals surface area contributed by atoms with Crippen molar-refractivity contribution in [2.45, 2.75) is 25.6 Å². The number of aliphatic hydroxyl groups is 1. The molecule has 2 N–H and O–H groups in total.